The smallest absolute Gasteiger partial charge is 0.281 e. The highest BCUT2D eigenvalue weighted by atomic mass is 32.2. The first-order valence-electron chi connectivity index (χ1n) is 7.95. The maximum Gasteiger partial charge on any atom is 0.281 e. The van der Waals surface area contributed by atoms with Gasteiger partial charge in [-0.1, -0.05) is 0 Å². The first kappa shape index (κ1) is 17.0. The van der Waals surface area contributed by atoms with Crippen molar-refractivity contribution >= 4 is 10.2 Å². The topological polar surface area (TPSA) is 95.1 Å². The minimum Gasteiger partial charge on any atom is -0.343 e. The predicted octanol–water partition coefficient (Wildman–Crippen LogP) is 0.928. The van der Waals surface area contributed by atoms with Gasteiger partial charge in [-0.2, -0.15) is 17.0 Å². The highest BCUT2D eigenvalue weighted by molar-refractivity contribution is 7.86. The van der Waals surface area contributed by atoms with Crippen LogP contribution in [0.4, 0.5) is 0 Å². The Labute approximate surface area is 142 Å². The SMILES string of the molecule is CN(C)S(=O)(=O)N1CCC[C@H](Cc2cnc(-c3ncc[nH]3)cn2)C1. The minimum atomic E-state index is -3.34. The van der Waals surface area contributed by atoms with Crippen molar-refractivity contribution in [2.24, 2.45) is 5.92 Å². The van der Waals surface area contributed by atoms with E-state index in [1.807, 2.05) is 0 Å². The van der Waals surface area contributed by atoms with Crippen molar-refractivity contribution in [2.45, 2.75) is 19.3 Å². The van der Waals surface area contributed by atoms with Crippen LogP contribution in [0.1, 0.15) is 18.5 Å². The molecule has 0 bridgehead atoms. The van der Waals surface area contributed by atoms with Crippen LogP contribution in [-0.4, -0.2) is 64.1 Å². The van der Waals surface area contributed by atoms with E-state index in [-0.39, 0.29) is 5.92 Å². The molecule has 24 heavy (non-hydrogen) atoms. The molecule has 1 saturated heterocycles. The van der Waals surface area contributed by atoms with E-state index in [9.17, 15) is 8.42 Å². The minimum absolute atomic E-state index is 0.261. The van der Waals surface area contributed by atoms with Crippen LogP contribution < -0.4 is 0 Å². The molecule has 0 spiro atoms. The molecule has 0 aliphatic carbocycles. The van der Waals surface area contributed by atoms with Crippen molar-refractivity contribution in [3.8, 4) is 11.5 Å². The number of hydrogen-bond donors (Lipinski definition) is 1. The zero-order valence-electron chi connectivity index (χ0n) is 13.9. The number of imidazole rings is 1. The van der Waals surface area contributed by atoms with E-state index in [1.165, 1.54) is 4.31 Å². The second kappa shape index (κ2) is 6.96. The van der Waals surface area contributed by atoms with E-state index < -0.39 is 10.2 Å². The average molecular weight is 350 g/mol. The lowest BCUT2D eigenvalue weighted by Crippen LogP contribution is -2.45. The zero-order valence-corrected chi connectivity index (χ0v) is 14.7. The van der Waals surface area contributed by atoms with Crippen LogP contribution in [0.3, 0.4) is 0 Å². The first-order chi connectivity index (χ1) is 11.5. The van der Waals surface area contributed by atoms with Crippen molar-refractivity contribution in [3.63, 3.8) is 0 Å². The number of aromatic amines is 1. The molecule has 0 unspecified atom stereocenters. The fourth-order valence-electron chi connectivity index (χ4n) is 2.92. The molecule has 1 N–H and O–H groups in total. The predicted molar refractivity (Wildman–Crippen MR) is 90.2 cm³/mol. The number of piperidine rings is 1. The molecule has 9 heteroatoms. The summed E-state index contributed by atoms with van der Waals surface area (Å²) >= 11 is 0. The molecule has 1 aliphatic heterocycles. The second-order valence-corrected chi connectivity index (χ2v) is 8.33. The number of rotatable bonds is 5. The monoisotopic (exact) mass is 350 g/mol. The second-order valence-electron chi connectivity index (χ2n) is 6.19. The lowest BCUT2D eigenvalue weighted by Gasteiger charge is -2.33. The molecule has 2 aromatic heterocycles. The van der Waals surface area contributed by atoms with E-state index in [0.29, 0.717) is 24.6 Å². The largest absolute Gasteiger partial charge is 0.343 e. The number of aromatic nitrogens is 4. The molecule has 8 nitrogen and oxygen atoms in total. The maximum atomic E-state index is 12.3. The van der Waals surface area contributed by atoms with Crippen LogP contribution in [0.5, 0.6) is 0 Å². The van der Waals surface area contributed by atoms with Gasteiger partial charge in [-0.15, -0.1) is 0 Å². The fourth-order valence-corrected chi connectivity index (χ4v) is 4.14. The summed E-state index contributed by atoms with van der Waals surface area (Å²) in [7, 11) is -0.209. The van der Waals surface area contributed by atoms with Gasteiger partial charge in [-0.25, -0.2) is 9.97 Å². The van der Waals surface area contributed by atoms with Crippen molar-refractivity contribution in [1.29, 1.82) is 0 Å². The summed E-state index contributed by atoms with van der Waals surface area (Å²) < 4.78 is 27.4. The van der Waals surface area contributed by atoms with Gasteiger partial charge in [0.25, 0.3) is 10.2 Å². The van der Waals surface area contributed by atoms with Crippen molar-refractivity contribution < 1.29 is 8.42 Å². The number of hydrogen-bond acceptors (Lipinski definition) is 5. The highest BCUT2D eigenvalue weighted by Gasteiger charge is 2.30. The van der Waals surface area contributed by atoms with E-state index in [0.717, 1.165) is 25.0 Å². The van der Waals surface area contributed by atoms with Crippen LogP contribution in [0, 0.1) is 5.92 Å². The molecule has 1 aliphatic rings. The standard InChI is InChI=1S/C15H22N6O2S/c1-20(2)24(22,23)21-7-3-4-12(11-21)8-13-9-19-14(10-18-13)15-16-5-6-17-15/h5-6,9-10,12H,3-4,7-8,11H2,1-2H3,(H,16,17)/t12-/m1/s1. The third-order valence-electron chi connectivity index (χ3n) is 4.21. The van der Waals surface area contributed by atoms with Gasteiger partial charge in [0.05, 0.1) is 11.9 Å². The van der Waals surface area contributed by atoms with Crippen LogP contribution in [0.2, 0.25) is 0 Å². The summed E-state index contributed by atoms with van der Waals surface area (Å²) in [4.78, 5) is 16.0. The third kappa shape index (κ3) is 3.63. The quantitative estimate of drug-likeness (QED) is 0.865. The number of nitrogens with one attached hydrogen (secondary N) is 1. The molecule has 0 saturated carbocycles. The molecule has 0 aromatic carbocycles. The average Bonchev–Trinajstić information content (AvgIpc) is 3.10. The van der Waals surface area contributed by atoms with Gasteiger partial charge in [0.2, 0.25) is 0 Å². The van der Waals surface area contributed by atoms with Crippen molar-refractivity contribution in [1.82, 2.24) is 28.5 Å². The van der Waals surface area contributed by atoms with Crippen molar-refractivity contribution in [2.75, 3.05) is 27.2 Å². The van der Waals surface area contributed by atoms with Gasteiger partial charge in [0.1, 0.15) is 5.69 Å². The summed E-state index contributed by atoms with van der Waals surface area (Å²) in [6.45, 7) is 1.11. The Morgan fingerprint density at radius 1 is 1.29 bits per heavy atom. The Bertz CT molecular complexity index is 758. The molecule has 0 radical (unpaired) electrons. The highest BCUT2D eigenvalue weighted by Crippen LogP contribution is 2.23. The Hall–Kier alpha value is -1.84. The van der Waals surface area contributed by atoms with Crippen LogP contribution >= 0.6 is 0 Å². The lowest BCUT2D eigenvalue weighted by atomic mass is 9.95. The number of nitrogens with zero attached hydrogens (tertiary/aromatic N) is 5. The van der Waals surface area contributed by atoms with Gasteiger partial charge >= 0.3 is 0 Å². The van der Waals surface area contributed by atoms with E-state index >= 15 is 0 Å². The van der Waals surface area contributed by atoms with Gasteiger partial charge in [-0.05, 0) is 25.2 Å². The lowest BCUT2D eigenvalue weighted by molar-refractivity contribution is 0.253. The first-order valence-corrected chi connectivity index (χ1v) is 9.35. The Morgan fingerprint density at radius 2 is 2.12 bits per heavy atom. The summed E-state index contributed by atoms with van der Waals surface area (Å²) in [5, 5.41) is 0. The molecule has 3 heterocycles. The Kier molecular flexibility index (Phi) is 4.93. The van der Waals surface area contributed by atoms with Gasteiger partial charge < -0.3 is 4.98 Å². The fraction of sp³-hybridized carbons (Fsp3) is 0.533. The molecule has 1 atom stereocenters. The van der Waals surface area contributed by atoms with E-state index in [2.05, 4.69) is 19.9 Å². The molecule has 2 aromatic rings. The summed E-state index contributed by atoms with van der Waals surface area (Å²) in [5.74, 6) is 0.951. The molecule has 0 amide bonds. The molecule has 130 valence electrons. The molecule has 3 rings (SSSR count). The van der Waals surface area contributed by atoms with Crippen molar-refractivity contribution in [3.05, 3.63) is 30.5 Å². The van der Waals surface area contributed by atoms with E-state index in [1.54, 1.807) is 43.2 Å². The molecular weight excluding hydrogens is 328 g/mol. The number of H-pyrrole nitrogens is 1. The molecular formula is C15H22N6O2S. The third-order valence-corrected chi connectivity index (χ3v) is 6.12. The molecule has 1 fully saturated rings. The zero-order chi connectivity index (χ0) is 17.2. The summed E-state index contributed by atoms with van der Waals surface area (Å²) in [5.41, 5.74) is 1.57. The van der Waals surface area contributed by atoms with Gasteiger partial charge in [0, 0.05) is 45.8 Å². The summed E-state index contributed by atoms with van der Waals surface area (Å²) in [6, 6.07) is 0. The normalized spacial score (nSPS) is 19.7. The van der Waals surface area contributed by atoms with Crippen LogP contribution in [0.25, 0.3) is 11.5 Å². The Morgan fingerprint density at radius 3 is 2.75 bits per heavy atom. The summed E-state index contributed by atoms with van der Waals surface area (Å²) in [6.07, 6.45) is 9.46. The van der Waals surface area contributed by atoms with Crippen LogP contribution in [0.15, 0.2) is 24.8 Å². The van der Waals surface area contributed by atoms with Gasteiger partial charge in [-0.3, -0.25) is 4.98 Å². The van der Waals surface area contributed by atoms with Gasteiger partial charge in [0.15, 0.2) is 5.82 Å². The maximum absolute atomic E-state index is 12.3. The Balaban J connectivity index is 1.65. The van der Waals surface area contributed by atoms with E-state index in [4.69, 9.17) is 0 Å². The van der Waals surface area contributed by atoms with Crippen LogP contribution in [-0.2, 0) is 16.6 Å².